The van der Waals surface area contributed by atoms with Crippen LogP contribution in [0.4, 0.5) is 34.1 Å². The summed E-state index contributed by atoms with van der Waals surface area (Å²) >= 11 is 0. The largest absolute Gasteiger partial charge is 0.442 e. The number of hydrogen-bond donors (Lipinski definition) is 3. The first-order valence-electron chi connectivity index (χ1n) is 9.29. The van der Waals surface area contributed by atoms with Crippen LogP contribution in [0.1, 0.15) is 0 Å². The highest BCUT2D eigenvalue weighted by Gasteiger charge is 2.33. The summed E-state index contributed by atoms with van der Waals surface area (Å²) in [6.07, 6.45) is -4.80. The molecule has 0 spiro atoms. The van der Waals surface area contributed by atoms with Gasteiger partial charge in [-0.05, 0) is 18.2 Å². The number of hydroxylamine groups is 2. The van der Waals surface area contributed by atoms with E-state index >= 15 is 0 Å². The second-order valence-electron chi connectivity index (χ2n) is 6.67. The number of nitrogens with two attached hydrogens (primary N) is 1. The average molecular weight is 446 g/mol. The zero-order valence-corrected chi connectivity index (χ0v) is 16.2. The van der Waals surface area contributed by atoms with Gasteiger partial charge in [0.05, 0.1) is 37.6 Å². The highest BCUT2D eigenvalue weighted by Crippen LogP contribution is 2.28. The van der Waals surface area contributed by atoms with Crippen LogP contribution in [0.3, 0.4) is 0 Å². The van der Waals surface area contributed by atoms with Gasteiger partial charge in [-0.1, -0.05) is 0 Å². The van der Waals surface area contributed by atoms with Crippen molar-refractivity contribution in [2.75, 3.05) is 49.1 Å². The topological polar surface area (TPSA) is 129 Å². The Hall–Kier alpha value is -3.26. The first-order chi connectivity index (χ1) is 14.8. The molecule has 1 unspecified atom stereocenters. The number of benzene rings is 1. The summed E-state index contributed by atoms with van der Waals surface area (Å²) in [6.45, 7) is 0.534. The zero-order chi connectivity index (χ0) is 22.5. The van der Waals surface area contributed by atoms with E-state index in [4.69, 9.17) is 15.4 Å². The van der Waals surface area contributed by atoms with Crippen LogP contribution in [-0.2, 0) is 14.4 Å². The fourth-order valence-corrected chi connectivity index (χ4v) is 3.17. The molecule has 1 atom stereocenters. The van der Waals surface area contributed by atoms with Gasteiger partial charge in [0.15, 0.2) is 0 Å². The van der Waals surface area contributed by atoms with Crippen molar-refractivity contribution in [3.8, 4) is 0 Å². The van der Waals surface area contributed by atoms with Gasteiger partial charge in [0.2, 0.25) is 0 Å². The molecule has 4 amide bonds. The van der Waals surface area contributed by atoms with Gasteiger partial charge in [-0.2, -0.15) is 8.78 Å². The molecule has 3 rings (SSSR count). The molecule has 0 radical (unpaired) electrons. The SMILES string of the molecule is NNC(=O)N1CCN(c2ccc(N3CC(CNC(=O)C(F)F)OC3=O)cc2F)CCO1. The van der Waals surface area contributed by atoms with Gasteiger partial charge >= 0.3 is 18.5 Å². The summed E-state index contributed by atoms with van der Waals surface area (Å²) in [4.78, 5) is 42.7. The molecule has 0 aromatic heterocycles. The normalized spacial score (nSPS) is 19.3. The maximum absolute atomic E-state index is 14.8. The van der Waals surface area contributed by atoms with Crippen LogP contribution in [0.25, 0.3) is 0 Å². The molecule has 0 bridgehead atoms. The molecular weight excluding hydrogens is 425 g/mol. The number of cyclic esters (lactones) is 1. The molecule has 14 heteroatoms. The number of nitrogens with zero attached hydrogens (tertiary/aromatic N) is 3. The molecule has 2 aliphatic rings. The summed E-state index contributed by atoms with van der Waals surface area (Å²) in [7, 11) is 0. The monoisotopic (exact) mass is 446 g/mol. The lowest BCUT2D eigenvalue weighted by molar-refractivity contribution is -0.132. The van der Waals surface area contributed by atoms with Crippen molar-refractivity contribution in [2.24, 2.45) is 5.84 Å². The number of urea groups is 1. The van der Waals surface area contributed by atoms with E-state index in [2.05, 4.69) is 0 Å². The van der Waals surface area contributed by atoms with Gasteiger partial charge in [0, 0.05) is 13.1 Å². The van der Waals surface area contributed by atoms with Gasteiger partial charge in [-0.3, -0.25) is 20.0 Å². The Bertz CT molecular complexity index is 844. The smallest absolute Gasteiger partial charge is 0.414 e. The Morgan fingerprint density at radius 1 is 1.26 bits per heavy atom. The molecule has 170 valence electrons. The molecule has 1 aromatic carbocycles. The van der Waals surface area contributed by atoms with Crippen LogP contribution in [0.15, 0.2) is 18.2 Å². The summed E-state index contributed by atoms with van der Waals surface area (Å²) in [6, 6.07) is 3.51. The van der Waals surface area contributed by atoms with Crippen molar-refractivity contribution in [2.45, 2.75) is 12.5 Å². The molecule has 31 heavy (non-hydrogen) atoms. The van der Waals surface area contributed by atoms with E-state index in [1.54, 1.807) is 4.90 Å². The third-order valence-corrected chi connectivity index (χ3v) is 4.69. The van der Waals surface area contributed by atoms with Crippen LogP contribution in [0, 0.1) is 5.82 Å². The predicted octanol–water partition coefficient (Wildman–Crippen LogP) is 0.169. The minimum absolute atomic E-state index is 0.0398. The van der Waals surface area contributed by atoms with Crippen LogP contribution in [0.5, 0.6) is 0 Å². The Labute approximate surface area is 174 Å². The minimum atomic E-state index is -3.17. The van der Waals surface area contributed by atoms with Crippen molar-refractivity contribution in [3.05, 3.63) is 24.0 Å². The number of anilines is 2. The van der Waals surface area contributed by atoms with Crippen molar-refractivity contribution in [1.29, 1.82) is 0 Å². The zero-order valence-electron chi connectivity index (χ0n) is 16.2. The van der Waals surface area contributed by atoms with Crippen molar-refractivity contribution in [3.63, 3.8) is 0 Å². The standard InChI is InChI=1S/C17H21F3N6O5/c18-12-7-10(25-9-11(31-17(25)29)8-22-15(27)14(19)20)1-2-13(12)24-3-4-26(16(28)23-21)30-6-5-24/h1-2,7,11,14H,3-6,8-9,21H2,(H,22,27)(H,23,28). The number of amides is 4. The van der Waals surface area contributed by atoms with E-state index in [1.807, 2.05) is 10.7 Å². The van der Waals surface area contributed by atoms with E-state index < -0.39 is 36.4 Å². The maximum Gasteiger partial charge on any atom is 0.414 e. The summed E-state index contributed by atoms with van der Waals surface area (Å²) < 4.78 is 44.3. The molecule has 4 N–H and O–H groups in total. The number of carbonyl (C=O) groups excluding carboxylic acids is 3. The maximum atomic E-state index is 14.8. The van der Waals surface area contributed by atoms with Gasteiger partial charge < -0.3 is 15.0 Å². The summed E-state index contributed by atoms with van der Waals surface area (Å²) in [5.74, 6) is 3.00. The van der Waals surface area contributed by atoms with Gasteiger partial charge in [0.25, 0.3) is 5.91 Å². The lowest BCUT2D eigenvalue weighted by Crippen LogP contribution is -2.44. The summed E-state index contributed by atoms with van der Waals surface area (Å²) in [5, 5.41) is 3.02. The number of hydrogen-bond acceptors (Lipinski definition) is 7. The molecular formula is C17H21F3N6O5. The molecule has 0 saturated carbocycles. The predicted molar refractivity (Wildman–Crippen MR) is 101 cm³/mol. The van der Waals surface area contributed by atoms with E-state index in [-0.39, 0.29) is 44.2 Å². The van der Waals surface area contributed by atoms with Gasteiger partial charge in [0.1, 0.15) is 11.9 Å². The number of nitrogens with one attached hydrogen (secondary N) is 2. The Kier molecular flexibility index (Phi) is 7.02. The van der Waals surface area contributed by atoms with Gasteiger partial charge in [-0.25, -0.2) is 24.9 Å². The Morgan fingerprint density at radius 3 is 2.71 bits per heavy atom. The molecule has 2 saturated heterocycles. The number of halogens is 3. The van der Waals surface area contributed by atoms with Crippen LogP contribution < -0.4 is 26.4 Å². The lowest BCUT2D eigenvalue weighted by Gasteiger charge is -2.23. The minimum Gasteiger partial charge on any atom is -0.442 e. The van der Waals surface area contributed by atoms with Gasteiger partial charge in [-0.15, -0.1) is 0 Å². The first-order valence-corrected chi connectivity index (χ1v) is 9.29. The van der Waals surface area contributed by atoms with Crippen LogP contribution >= 0.6 is 0 Å². The first kappa shape index (κ1) is 22.4. The van der Waals surface area contributed by atoms with Crippen molar-refractivity contribution >= 4 is 29.4 Å². The van der Waals surface area contributed by atoms with E-state index in [9.17, 15) is 27.6 Å². The highest BCUT2D eigenvalue weighted by molar-refractivity contribution is 5.90. The highest BCUT2D eigenvalue weighted by atomic mass is 19.3. The Morgan fingerprint density at radius 2 is 2.03 bits per heavy atom. The second kappa shape index (κ2) is 9.70. The Balaban J connectivity index is 1.63. The fraction of sp³-hybridized carbons (Fsp3) is 0.471. The molecule has 2 heterocycles. The van der Waals surface area contributed by atoms with E-state index in [0.717, 1.165) is 16.0 Å². The van der Waals surface area contributed by atoms with E-state index in [0.29, 0.717) is 6.54 Å². The molecule has 2 fully saturated rings. The van der Waals surface area contributed by atoms with Crippen molar-refractivity contribution < 1.29 is 37.1 Å². The van der Waals surface area contributed by atoms with Crippen LogP contribution in [-0.4, -0.2) is 75.0 Å². The second-order valence-corrected chi connectivity index (χ2v) is 6.67. The molecule has 0 aliphatic carbocycles. The number of carbonyl (C=O) groups is 3. The summed E-state index contributed by atoms with van der Waals surface area (Å²) in [5.41, 5.74) is 2.41. The van der Waals surface area contributed by atoms with Crippen LogP contribution in [0.2, 0.25) is 0 Å². The number of rotatable bonds is 5. The van der Waals surface area contributed by atoms with E-state index in [1.165, 1.54) is 12.1 Å². The fourth-order valence-electron chi connectivity index (χ4n) is 3.17. The molecule has 1 aromatic rings. The third kappa shape index (κ3) is 5.27. The van der Waals surface area contributed by atoms with Crippen molar-refractivity contribution in [1.82, 2.24) is 15.8 Å². The quantitative estimate of drug-likeness (QED) is 0.334. The number of hydrazine groups is 1. The lowest BCUT2D eigenvalue weighted by atomic mass is 10.2. The molecule has 11 nitrogen and oxygen atoms in total. The molecule has 2 aliphatic heterocycles. The average Bonchev–Trinajstić information content (AvgIpc) is 2.95. The third-order valence-electron chi connectivity index (χ3n) is 4.69. The number of ether oxygens (including phenoxy) is 1. The number of alkyl halides is 2.